The second-order valence-corrected chi connectivity index (χ2v) is 6.95. The van der Waals surface area contributed by atoms with Gasteiger partial charge in [-0.05, 0) is 40.5 Å². The fourth-order valence-electron chi connectivity index (χ4n) is 3.18. The van der Waals surface area contributed by atoms with E-state index in [4.69, 9.17) is 4.74 Å². The summed E-state index contributed by atoms with van der Waals surface area (Å²) in [6.07, 6.45) is 2.97. The van der Waals surface area contributed by atoms with Crippen molar-refractivity contribution < 1.29 is 9.53 Å². The number of carbonyl (C=O) groups is 1. The van der Waals surface area contributed by atoms with E-state index in [-0.39, 0.29) is 16.6 Å². The maximum atomic E-state index is 11.4. The lowest BCUT2D eigenvalue weighted by Gasteiger charge is -2.49. The van der Waals surface area contributed by atoms with Crippen molar-refractivity contribution in [1.82, 2.24) is 4.90 Å². The first-order chi connectivity index (χ1) is 8.17. The molecular weight excluding hydrogens is 226 g/mol. The van der Waals surface area contributed by atoms with Crippen molar-refractivity contribution in [3.8, 4) is 0 Å². The van der Waals surface area contributed by atoms with Crippen LogP contribution in [0.3, 0.4) is 0 Å². The molecule has 0 aromatic rings. The molecule has 0 unspecified atom stereocenters. The Bertz CT molecular complexity index is 277. The molecule has 0 aliphatic carbocycles. The first-order valence-electron chi connectivity index (χ1n) is 7.06. The molecule has 1 aliphatic heterocycles. The highest BCUT2D eigenvalue weighted by Gasteiger charge is 2.40. The van der Waals surface area contributed by atoms with Crippen molar-refractivity contribution in [2.45, 2.75) is 65.6 Å². The molecule has 0 bridgehead atoms. The number of ether oxygens (including phenoxy) is 1. The van der Waals surface area contributed by atoms with Gasteiger partial charge in [-0.3, -0.25) is 4.90 Å². The fraction of sp³-hybridized carbons (Fsp3) is 0.933. The molecule has 0 saturated carbocycles. The van der Waals surface area contributed by atoms with E-state index in [1.54, 1.807) is 0 Å². The smallest absolute Gasteiger partial charge is 0.127 e. The van der Waals surface area contributed by atoms with E-state index in [0.717, 1.165) is 38.8 Å². The molecule has 1 aliphatic rings. The molecule has 3 heteroatoms. The third-order valence-corrected chi connectivity index (χ3v) is 3.96. The lowest BCUT2D eigenvalue weighted by Crippen LogP contribution is -2.59. The van der Waals surface area contributed by atoms with E-state index in [1.807, 2.05) is 0 Å². The van der Waals surface area contributed by atoms with E-state index >= 15 is 0 Å². The summed E-state index contributed by atoms with van der Waals surface area (Å²) in [7, 11) is 0. The van der Waals surface area contributed by atoms with Crippen LogP contribution in [-0.4, -0.2) is 42.0 Å². The highest BCUT2D eigenvalue weighted by Crippen LogP contribution is 2.32. The normalized spacial score (nSPS) is 23.9. The van der Waals surface area contributed by atoms with E-state index in [2.05, 4.69) is 46.4 Å². The van der Waals surface area contributed by atoms with Gasteiger partial charge in [0.05, 0.1) is 11.2 Å². The van der Waals surface area contributed by atoms with Crippen molar-refractivity contribution in [2.24, 2.45) is 5.41 Å². The highest BCUT2D eigenvalue weighted by atomic mass is 16.5. The van der Waals surface area contributed by atoms with Crippen molar-refractivity contribution in [3.63, 3.8) is 0 Å². The van der Waals surface area contributed by atoms with Gasteiger partial charge >= 0.3 is 0 Å². The van der Waals surface area contributed by atoms with Crippen LogP contribution < -0.4 is 0 Å². The minimum absolute atomic E-state index is 0.141. The summed E-state index contributed by atoms with van der Waals surface area (Å²) in [5, 5.41) is 0. The van der Waals surface area contributed by atoms with Gasteiger partial charge in [-0.1, -0.05) is 13.8 Å². The summed E-state index contributed by atoms with van der Waals surface area (Å²) in [5.41, 5.74) is -0.473. The summed E-state index contributed by atoms with van der Waals surface area (Å²) in [4.78, 5) is 13.8. The SMILES string of the molecule is CCC(C=O)(CC)CN1CC(C)(C)OC(C)(C)C1. The van der Waals surface area contributed by atoms with Crippen LogP contribution in [-0.2, 0) is 9.53 Å². The minimum Gasteiger partial charge on any atom is -0.367 e. The molecular formula is C15H29NO2. The number of rotatable bonds is 5. The molecule has 0 N–H and O–H groups in total. The third kappa shape index (κ3) is 3.79. The van der Waals surface area contributed by atoms with Crippen molar-refractivity contribution in [3.05, 3.63) is 0 Å². The van der Waals surface area contributed by atoms with Gasteiger partial charge in [0.25, 0.3) is 0 Å². The topological polar surface area (TPSA) is 29.5 Å². The van der Waals surface area contributed by atoms with Crippen LogP contribution in [0.5, 0.6) is 0 Å². The van der Waals surface area contributed by atoms with E-state index in [0.29, 0.717) is 0 Å². The molecule has 106 valence electrons. The lowest BCUT2D eigenvalue weighted by molar-refractivity contribution is -0.185. The molecule has 1 rings (SSSR count). The molecule has 1 saturated heterocycles. The Morgan fingerprint density at radius 2 is 1.56 bits per heavy atom. The van der Waals surface area contributed by atoms with Gasteiger partial charge in [-0.15, -0.1) is 0 Å². The average molecular weight is 255 g/mol. The van der Waals surface area contributed by atoms with Gasteiger partial charge in [0.15, 0.2) is 0 Å². The van der Waals surface area contributed by atoms with Gasteiger partial charge in [-0.2, -0.15) is 0 Å². The number of hydrogen-bond acceptors (Lipinski definition) is 3. The van der Waals surface area contributed by atoms with Gasteiger partial charge in [-0.25, -0.2) is 0 Å². The zero-order chi connectivity index (χ0) is 14.0. The van der Waals surface area contributed by atoms with Gasteiger partial charge in [0.1, 0.15) is 6.29 Å². The molecule has 0 radical (unpaired) electrons. The number of morpholine rings is 1. The van der Waals surface area contributed by atoms with Crippen LogP contribution in [0, 0.1) is 5.41 Å². The lowest BCUT2D eigenvalue weighted by atomic mass is 9.82. The number of carbonyl (C=O) groups excluding carboxylic acids is 1. The van der Waals surface area contributed by atoms with Crippen LogP contribution >= 0.6 is 0 Å². The fourth-order valence-corrected chi connectivity index (χ4v) is 3.18. The van der Waals surface area contributed by atoms with Crippen LogP contribution in [0.25, 0.3) is 0 Å². The Labute approximate surface area is 112 Å². The van der Waals surface area contributed by atoms with Gasteiger partial charge in [0, 0.05) is 25.0 Å². The van der Waals surface area contributed by atoms with Crippen molar-refractivity contribution in [1.29, 1.82) is 0 Å². The summed E-state index contributed by atoms with van der Waals surface area (Å²) in [5.74, 6) is 0. The van der Waals surface area contributed by atoms with Crippen LogP contribution in [0.4, 0.5) is 0 Å². The molecule has 1 fully saturated rings. The Morgan fingerprint density at radius 1 is 1.11 bits per heavy atom. The molecule has 1 heterocycles. The summed E-state index contributed by atoms with van der Waals surface area (Å²) in [6.45, 7) is 15.4. The third-order valence-electron chi connectivity index (χ3n) is 3.96. The second kappa shape index (κ2) is 5.30. The first-order valence-corrected chi connectivity index (χ1v) is 7.06. The number of aldehydes is 1. The number of nitrogens with zero attached hydrogens (tertiary/aromatic N) is 1. The monoisotopic (exact) mass is 255 g/mol. The second-order valence-electron chi connectivity index (χ2n) is 6.95. The molecule has 0 atom stereocenters. The van der Waals surface area contributed by atoms with Gasteiger partial charge in [0.2, 0.25) is 0 Å². The maximum Gasteiger partial charge on any atom is 0.127 e. The Hall–Kier alpha value is -0.410. The summed E-state index contributed by atoms with van der Waals surface area (Å²) < 4.78 is 6.08. The summed E-state index contributed by atoms with van der Waals surface area (Å²) in [6, 6.07) is 0. The zero-order valence-electron chi connectivity index (χ0n) is 12.9. The largest absolute Gasteiger partial charge is 0.367 e. The van der Waals surface area contributed by atoms with Crippen molar-refractivity contribution >= 4 is 6.29 Å². The molecule has 0 aromatic carbocycles. The van der Waals surface area contributed by atoms with Crippen LogP contribution in [0.1, 0.15) is 54.4 Å². The molecule has 0 amide bonds. The standard InChI is InChI=1S/C15H29NO2/c1-7-15(8-2,12-17)11-16-9-13(3,4)18-14(5,6)10-16/h12H,7-11H2,1-6H3. The minimum atomic E-state index is -0.191. The predicted octanol–water partition coefficient (Wildman–Crippen LogP) is 2.88. The average Bonchev–Trinajstić information content (AvgIpc) is 2.22. The quantitative estimate of drug-likeness (QED) is 0.707. The Kier molecular flexibility index (Phi) is 4.60. The van der Waals surface area contributed by atoms with Crippen LogP contribution in [0.2, 0.25) is 0 Å². The van der Waals surface area contributed by atoms with E-state index in [1.165, 1.54) is 0 Å². The summed E-state index contributed by atoms with van der Waals surface area (Å²) >= 11 is 0. The molecule has 18 heavy (non-hydrogen) atoms. The Balaban J connectivity index is 2.80. The van der Waals surface area contributed by atoms with Crippen molar-refractivity contribution in [2.75, 3.05) is 19.6 Å². The highest BCUT2D eigenvalue weighted by molar-refractivity contribution is 5.59. The predicted molar refractivity (Wildman–Crippen MR) is 74.8 cm³/mol. The van der Waals surface area contributed by atoms with E-state index < -0.39 is 0 Å². The van der Waals surface area contributed by atoms with Gasteiger partial charge < -0.3 is 9.53 Å². The molecule has 0 spiro atoms. The molecule has 3 nitrogen and oxygen atoms in total. The maximum absolute atomic E-state index is 11.4. The van der Waals surface area contributed by atoms with E-state index in [9.17, 15) is 4.79 Å². The zero-order valence-corrected chi connectivity index (χ0v) is 12.9. The molecule has 0 aromatic heterocycles. The Morgan fingerprint density at radius 3 is 1.89 bits per heavy atom. The van der Waals surface area contributed by atoms with Crippen LogP contribution in [0.15, 0.2) is 0 Å². The first kappa shape index (κ1) is 15.6. The number of hydrogen-bond donors (Lipinski definition) is 0.